The molecule has 2 atom stereocenters. The minimum Gasteiger partial charge on any atom is -0.375 e. The smallest absolute Gasteiger partial charge is 0.0606 e. The van der Waals surface area contributed by atoms with Gasteiger partial charge in [0.2, 0.25) is 0 Å². The zero-order valence-corrected chi connectivity index (χ0v) is 11.5. The SMILES string of the molecule is CC1CCC2(CCC(C(C)C)CC2)C(C)O1. The highest BCUT2D eigenvalue weighted by atomic mass is 16.5. The largest absolute Gasteiger partial charge is 0.375 e. The maximum Gasteiger partial charge on any atom is 0.0606 e. The molecule has 1 aliphatic carbocycles. The van der Waals surface area contributed by atoms with Crippen LogP contribution in [0.2, 0.25) is 0 Å². The number of hydrogen-bond donors (Lipinski definition) is 0. The average Bonchev–Trinajstić information content (AvgIpc) is 2.25. The minimum absolute atomic E-state index is 0.489. The molecule has 0 N–H and O–H groups in total. The van der Waals surface area contributed by atoms with Gasteiger partial charge in [-0.25, -0.2) is 0 Å². The van der Waals surface area contributed by atoms with Gasteiger partial charge in [-0.15, -0.1) is 0 Å². The average molecular weight is 224 g/mol. The predicted molar refractivity (Wildman–Crippen MR) is 68.5 cm³/mol. The molecule has 2 aliphatic rings. The number of ether oxygens (including phenoxy) is 1. The van der Waals surface area contributed by atoms with E-state index in [0.29, 0.717) is 17.6 Å². The third-order valence-corrected chi connectivity index (χ3v) is 5.32. The van der Waals surface area contributed by atoms with Gasteiger partial charge >= 0.3 is 0 Å². The monoisotopic (exact) mass is 224 g/mol. The van der Waals surface area contributed by atoms with Gasteiger partial charge in [-0.2, -0.15) is 0 Å². The van der Waals surface area contributed by atoms with Crippen molar-refractivity contribution in [2.24, 2.45) is 17.3 Å². The summed E-state index contributed by atoms with van der Waals surface area (Å²) in [5.74, 6) is 1.84. The van der Waals surface area contributed by atoms with Crippen molar-refractivity contribution >= 4 is 0 Å². The van der Waals surface area contributed by atoms with Gasteiger partial charge in [0.15, 0.2) is 0 Å². The molecule has 0 radical (unpaired) electrons. The standard InChI is InChI=1S/C15H28O/c1-11(2)14-6-9-15(10-7-14)8-5-12(3)16-13(15)4/h11-14H,5-10H2,1-4H3. The van der Waals surface area contributed by atoms with E-state index in [2.05, 4.69) is 27.7 Å². The van der Waals surface area contributed by atoms with Crippen molar-refractivity contribution in [1.82, 2.24) is 0 Å². The van der Waals surface area contributed by atoms with Gasteiger partial charge in [-0.05, 0) is 69.6 Å². The van der Waals surface area contributed by atoms with Crippen LogP contribution in [0.3, 0.4) is 0 Å². The Morgan fingerprint density at radius 2 is 1.56 bits per heavy atom. The van der Waals surface area contributed by atoms with Crippen LogP contribution in [0.4, 0.5) is 0 Å². The molecule has 1 saturated carbocycles. The minimum atomic E-state index is 0.489. The lowest BCUT2D eigenvalue weighted by Crippen LogP contribution is -2.44. The molecule has 0 aromatic rings. The van der Waals surface area contributed by atoms with E-state index >= 15 is 0 Å². The molecule has 1 nitrogen and oxygen atoms in total. The number of rotatable bonds is 1. The van der Waals surface area contributed by atoms with Gasteiger partial charge in [0.05, 0.1) is 12.2 Å². The van der Waals surface area contributed by atoms with E-state index in [1.54, 1.807) is 0 Å². The third kappa shape index (κ3) is 2.30. The second-order valence-corrected chi connectivity index (χ2v) is 6.57. The Hall–Kier alpha value is -0.0400. The molecule has 2 rings (SSSR count). The van der Waals surface area contributed by atoms with Crippen molar-refractivity contribution in [1.29, 1.82) is 0 Å². The fourth-order valence-corrected chi connectivity index (χ4v) is 3.79. The van der Waals surface area contributed by atoms with Crippen molar-refractivity contribution in [2.75, 3.05) is 0 Å². The van der Waals surface area contributed by atoms with E-state index in [4.69, 9.17) is 4.74 Å². The quantitative estimate of drug-likeness (QED) is 0.641. The van der Waals surface area contributed by atoms with Crippen LogP contribution in [-0.2, 0) is 4.74 Å². The molecule has 1 heteroatoms. The molecule has 1 aliphatic heterocycles. The lowest BCUT2D eigenvalue weighted by atomic mass is 9.62. The number of hydrogen-bond acceptors (Lipinski definition) is 1. The van der Waals surface area contributed by atoms with Gasteiger partial charge in [0, 0.05) is 0 Å². The third-order valence-electron chi connectivity index (χ3n) is 5.32. The molecule has 16 heavy (non-hydrogen) atoms. The van der Waals surface area contributed by atoms with Crippen LogP contribution < -0.4 is 0 Å². The van der Waals surface area contributed by atoms with Crippen molar-refractivity contribution in [3.8, 4) is 0 Å². The van der Waals surface area contributed by atoms with E-state index in [1.807, 2.05) is 0 Å². The van der Waals surface area contributed by atoms with Crippen LogP contribution in [0, 0.1) is 17.3 Å². The van der Waals surface area contributed by atoms with E-state index in [-0.39, 0.29) is 0 Å². The maximum absolute atomic E-state index is 6.08. The zero-order valence-electron chi connectivity index (χ0n) is 11.5. The summed E-state index contributed by atoms with van der Waals surface area (Å²) in [5.41, 5.74) is 0.540. The Bertz CT molecular complexity index is 226. The summed E-state index contributed by atoms with van der Waals surface area (Å²) in [5, 5.41) is 0. The molecular weight excluding hydrogens is 196 g/mol. The summed E-state index contributed by atoms with van der Waals surface area (Å²) in [7, 11) is 0. The van der Waals surface area contributed by atoms with Gasteiger partial charge in [-0.3, -0.25) is 0 Å². The van der Waals surface area contributed by atoms with Crippen molar-refractivity contribution in [2.45, 2.75) is 78.4 Å². The van der Waals surface area contributed by atoms with Crippen molar-refractivity contribution in [3.63, 3.8) is 0 Å². The van der Waals surface area contributed by atoms with Gasteiger partial charge in [0.1, 0.15) is 0 Å². The van der Waals surface area contributed by atoms with E-state index in [9.17, 15) is 0 Å². The molecule has 0 aromatic heterocycles. The second-order valence-electron chi connectivity index (χ2n) is 6.57. The zero-order chi connectivity index (χ0) is 11.8. The fraction of sp³-hybridized carbons (Fsp3) is 1.00. The molecular formula is C15H28O. The topological polar surface area (TPSA) is 9.23 Å². The molecule has 2 unspecified atom stereocenters. The summed E-state index contributed by atoms with van der Waals surface area (Å²) >= 11 is 0. The summed E-state index contributed by atoms with van der Waals surface area (Å²) in [4.78, 5) is 0. The van der Waals surface area contributed by atoms with Crippen LogP contribution in [0.25, 0.3) is 0 Å². The summed E-state index contributed by atoms with van der Waals surface area (Å²) in [6, 6.07) is 0. The van der Waals surface area contributed by atoms with Crippen LogP contribution in [-0.4, -0.2) is 12.2 Å². The molecule has 2 fully saturated rings. The van der Waals surface area contributed by atoms with Crippen LogP contribution in [0.5, 0.6) is 0 Å². The highest BCUT2D eigenvalue weighted by Crippen LogP contribution is 2.50. The molecule has 0 amide bonds. The fourth-order valence-electron chi connectivity index (χ4n) is 3.79. The Balaban J connectivity index is 1.96. The molecule has 1 saturated heterocycles. The first-order chi connectivity index (χ1) is 7.53. The lowest BCUT2D eigenvalue weighted by Gasteiger charge is -2.49. The Morgan fingerprint density at radius 1 is 1.00 bits per heavy atom. The van der Waals surface area contributed by atoms with E-state index < -0.39 is 0 Å². The van der Waals surface area contributed by atoms with Crippen molar-refractivity contribution < 1.29 is 4.74 Å². The van der Waals surface area contributed by atoms with E-state index in [1.165, 1.54) is 38.5 Å². The maximum atomic E-state index is 6.08. The summed E-state index contributed by atoms with van der Waals surface area (Å²) in [6.07, 6.45) is 9.33. The highest BCUT2D eigenvalue weighted by molar-refractivity contribution is 4.93. The van der Waals surface area contributed by atoms with Crippen LogP contribution >= 0.6 is 0 Å². The lowest BCUT2D eigenvalue weighted by molar-refractivity contribution is -0.132. The van der Waals surface area contributed by atoms with E-state index in [0.717, 1.165) is 11.8 Å². The molecule has 94 valence electrons. The first kappa shape index (κ1) is 12.4. The van der Waals surface area contributed by atoms with Crippen LogP contribution in [0.15, 0.2) is 0 Å². The molecule has 0 aromatic carbocycles. The molecule has 0 bridgehead atoms. The summed E-state index contributed by atoms with van der Waals surface area (Å²) < 4.78 is 6.08. The van der Waals surface area contributed by atoms with Crippen molar-refractivity contribution in [3.05, 3.63) is 0 Å². The Kier molecular flexibility index (Phi) is 3.63. The first-order valence-electron chi connectivity index (χ1n) is 7.19. The predicted octanol–water partition coefficient (Wildman–Crippen LogP) is 4.41. The first-order valence-corrected chi connectivity index (χ1v) is 7.19. The summed E-state index contributed by atoms with van der Waals surface area (Å²) in [6.45, 7) is 9.30. The Labute approximate surface area is 101 Å². The Morgan fingerprint density at radius 3 is 2.06 bits per heavy atom. The van der Waals surface area contributed by atoms with Gasteiger partial charge in [-0.1, -0.05) is 13.8 Å². The molecule has 1 spiro atoms. The normalized spacial score (nSPS) is 45.2. The molecule has 1 heterocycles. The van der Waals surface area contributed by atoms with Gasteiger partial charge in [0.25, 0.3) is 0 Å². The van der Waals surface area contributed by atoms with Gasteiger partial charge < -0.3 is 4.74 Å². The second kappa shape index (κ2) is 4.68. The van der Waals surface area contributed by atoms with Crippen LogP contribution in [0.1, 0.15) is 66.2 Å². The highest BCUT2D eigenvalue weighted by Gasteiger charge is 2.43.